The van der Waals surface area contributed by atoms with E-state index in [1.54, 1.807) is 6.07 Å². The zero-order valence-electron chi connectivity index (χ0n) is 8.70. The molecule has 2 aromatic rings. The number of hydrogen-bond donors (Lipinski definition) is 1. The molecule has 0 bridgehead atoms. The second kappa shape index (κ2) is 3.98. The van der Waals surface area contributed by atoms with Crippen molar-refractivity contribution in [2.75, 3.05) is 6.54 Å². The van der Waals surface area contributed by atoms with Gasteiger partial charge in [-0.25, -0.2) is 4.39 Å². The largest absolute Gasteiger partial charge is 0.330 e. The van der Waals surface area contributed by atoms with Crippen LogP contribution in [0.5, 0.6) is 0 Å². The Bertz CT molecular complexity index is 476. The third-order valence-corrected chi connectivity index (χ3v) is 2.56. The van der Waals surface area contributed by atoms with Crippen molar-refractivity contribution in [1.82, 2.24) is 9.78 Å². The lowest BCUT2D eigenvalue weighted by atomic mass is 10.2. The molecular weight excluding hydrogens is 193 g/mol. The molecule has 0 amide bonds. The molecule has 0 unspecified atom stereocenters. The van der Waals surface area contributed by atoms with E-state index < -0.39 is 0 Å². The van der Waals surface area contributed by atoms with Gasteiger partial charge in [-0.05, 0) is 26.0 Å². The first-order valence-electron chi connectivity index (χ1n) is 5.05. The monoisotopic (exact) mass is 207 g/mol. The maximum Gasteiger partial charge on any atom is 0.151 e. The van der Waals surface area contributed by atoms with Crippen molar-refractivity contribution in [3.05, 3.63) is 29.7 Å². The van der Waals surface area contributed by atoms with E-state index in [0.717, 1.165) is 24.0 Å². The van der Waals surface area contributed by atoms with Crippen LogP contribution in [0.1, 0.15) is 12.1 Å². The van der Waals surface area contributed by atoms with Crippen molar-refractivity contribution in [2.45, 2.75) is 19.9 Å². The molecule has 1 heterocycles. The van der Waals surface area contributed by atoms with Crippen molar-refractivity contribution >= 4 is 10.9 Å². The lowest BCUT2D eigenvalue weighted by molar-refractivity contribution is 0.570. The number of halogens is 1. The van der Waals surface area contributed by atoms with Gasteiger partial charge in [-0.3, -0.25) is 4.68 Å². The number of benzene rings is 1. The van der Waals surface area contributed by atoms with Crippen LogP contribution in [0.4, 0.5) is 4.39 Å². The molecule has 0 aliphatic heterocycles. The van der Waals surface area contributed by atoms with Gasteiger partial charge in [0.1, 0.15) is 5.52 Å². The summed E-state index contributed by atoms with van der Waals surface area (Å²) >= 11 is 0. The van der Waals surface area contributed by atoms with Gasteiger partial charge in [0.05, 0.1) is 0 Å². The van der Waals surface area contributed by atoms with Gasteiger partial charge >= 0.3 is 0 Å². The fourth-order valence-electron chi connectivity index (χ4n) is 1.70. The van der Waals surface area contributed by atoms with Crippen LogP contribution >= 0.6 is 0 Å². The standard InChI is InChI=1S/C11H14FN3/c1-8-9-4-2-5-10(12)11(9)14-15(8)7-3-6-13/h2,4-5H,3,6-7,13H2,1H3. The molecule has 3 nitrogen and oxygen atoms in total. The topological polar surface area (TPSA) is 43.8 Å². The molecule has 0 atom stereocenters. The lowest BCUT2D eigenvalue weighted by Crippen LogP contribution is -2.08. The van der Waals surface area contributed by atoms with E-state index in [0.29, 0.717) is 12.1 Å². The van der Waals surface area contributed by atoms with E-state index in [9.17, 15) is 4.39 Å². The summed E-state index contributed by atoms with van der Waals surface area (Å²) in [5, 5.41) is 5.12. The third-order valence-electron chi connectivity index (χ3n) is 2.56. The number of nitrogens with two attached hydrogens (primary N) is 1. The molecular formula is C11H14FN3. The van der Waals surface area contributed by atoms with Gasteiger partial charge in [-0.2, -0.15) is 5.10 Å². The highest BCUT2D eigenvalue weighted by molar-refractivity contribution is 5.81. The quantitative estimate of drug-likeness (QED) is 0.834. The van der Waals surface area contributed by atoms with Gasteiger partial charge < -0.3 is 5.73 Å². The van der Waals surface area contributed by atoms with Crippen LogP contribution in [0.25, 0.3) is 10.9 Å². The molecule has 1 aromatic carbocycles. The molecule has 15 heavy (non-hydrogen) atoms. The summed E-state index contributed by atoms with van der Waals surface area (Å²) < 4.78 is 15.2. The summed E-state index contributed by atoms with van der Waals surface area (Å²) in [6.07, 6.45) is 0.858. The van der Waals surface area contributed by atoms with Gasteiger partial charge in [0.2, 0.25) is 0 Å². The Hall–Kier alpha value is -1.42. The Labute approximate surface area is 87.7 Å². The van der Waals surface area contributed by atoms with E-state index in [2.05, 4.69) is 5.10 Å². The highest BCUT2D eigenvalue weighted by Crippen LogP contribution is 2.20. The van der Waals surface area contributed by atoms with E-state index in [1.165, 1.54) is 6.07 Å². The van der Waals surface area contributed by atoms with E-state index in [1.807, 2.05) is 17.7 Å². The van der Waals surface area contributed by atoms with Crippen LogP contribution in [-0.4, -0.2) is 16.3 Å². The average molecular weight is 207 g/mol. The number of aryl methyl sites for hydroxylation is 2. The molecule has 1 aromatic heterocycles. The van der Waals surface area contributed by atoms with Gasteiger partial charge in [-0.1, -0.05) is 12.1 Å². The van der Waals surface area contributed by atoms with Crippen LogP contribution in [0.2, 0.25) is 0 Å². The minimum atomic E-state index is -0.262. The lowest BCUT2D eigenvalue weighted by Gasteiger charge is -2.01. The zero-order valence-corrected chi connectivity index (χ0v) is 8.70. The maximum absolute atomic E-state index is 13.4. The second-order valence-electron chi connectivity index (χ2n) is 3.59. The summed E-state index contributed by atoms with van der Waals surface area (Å²) in [7, 11) is 0. The number of rotatable bonds is 3. The zero-order chi connectivity index (χ0) is 10.8. The minimum absolute atomic E-state index is 0.262. The molecule has 0 aliphatic rings. The normalized spacial score (nSPS) is 11.1. The first-order valence-corrected chi connectivity index (χ1v) is 5.05. The molecule has 0 spiro atoms. The van der Waals surface area contributed by atoms with Crippen LogP contribution in [0.3, 0.4) is 0 Å². The number of hydrogen-bond acceptors (Lipinski definition) is 2. The molecule has 0 radical (unpaired) electrons. The Morgan fingerprint density at radius 3 is 2.93 bits per heavy atom. The molecule has 0 aliphatic carbocycles. The molecule has 0 fully saturated rings. The Morgan fingerprint density at radius 2 is 2.27 bits per heavy atom. The summed E-state index contributed by atoms with van der Waals surface area (Å²) in [6.45, 7) is 3.32. The van der Waals surface area contributed by atoms with Crippen LogP contribution < -0.4 is 5.73 Å². The smallest absolute Gasteiger partial charge is 0.151 e. The third kappa shape index (κ3) is 1.72. The maximum atomic E-state index is 13.4. The Morgan fingerprint density at radius 1 is 1.47 bits per heavy atom. The van der Waals surface area contributed by atoms with Crippen LogP contribution in [0.15, 0.2) is 18.2 Å². The van der Waals surface area contributed by atoms with Crippen molar-refractivity contribution in [3.8, 4) is 0 Å². The molecule has 0 saturated carbocycles. The number of fused-ring (bicyclic) bond motifs is 1. The fraction of sp³-hybridized carbons (Fsp3) is 0.364. The minimum Gasteiger partial charge on any atom is -0.330 e. The van der Waals surface area contributed by atoms with Crippen molar-refractivity contribution in [1.29, 1.82) is 0 Å². The first kappa shape index (κ1) is 10.1. The predicted octanol–water partition coefficient (Wildman–Crippen LogP) is 1.83. The van der Waals surface area contributed by atoms with Gasteiger partial charge in [0.25, 0.3) is 0 Å². The second-order valence-corrected chi connectivity index (χ2v) is 3.59. The molecule has 0 saturated heterocycles. The van der Waals surface area contributed by atoms with Gasteiger partial charge in [0, 0.05) is 17.6 Å². The van der Waals surface area contributed by atoms with Gasteiger partial charge in [0.15, 0.2) is 5.82 Å². The average Bonchev–Trinajstić information content (AvgIpc) is 2.55. The Kier molecular flexibility index (Phi) is 2.68. The Balaban J connectivity index is 2.49. The van der Waals surface area contributed by atoms with Crippen molar-refractivity contribution < 1.29 is 4.39 Å². The van der Waals surface area contributed by atoms with Crippen LogP contribution in [0, 0.1) is 12.7 Å². The highest BCUT2D eigenvalue weighted by atomic mass is 19.1. The summed E-state index contributed by atoms with van der Waals surface area (Å²) in [6, 6.07) is 5.03. The summed E-state index contributed by atoms with van der Waals surface area (Å²) in [5.41, 5.74) is 6.88. The number of aromatic nitrogens is 2. The van der Waals surface area contributed by atoms with Crippen molar-refractivity contribution in [2.24, 2.45) is 5.73 Å². The molecule has 2 rings (SSSR count). The van der Waals surface area contributed by atoms with Crippen LogP contribution in [-0.2, 0) is 6.54 Å². The SMILES string of the molecule is Cc1c2cccc(F)c2nn1CCCN. The summed E-state index contributed by atoms with van der Waals surface area (Å²) in [5.74, 6) is -0.262. The molecule has 4 heteroatoms. The van der Waals surface area contributed by atoms with E-state index >= 15 is 0 Å². The first-order chi connectivity index (χ1) is 7.24. The van der Waals surface area contributed by atoms with E-state index in [-0.39, 0.29) is 5.82 Å². The van der Waals surface area contributed by atoms with Crippen molar-refractivity contribution in [3.63, 3.8) is 0 Å². The molecule has 2 N–H and O–H groups in total. The number of nitrogens with zero attached hydrogens (tertiary/aromatic N) is 2. The predicted molar refractivity (Wildman–Crippen MR) is 58.1 cm³/mol. The fourth-order valence-corrected chi connectivity index (χ4v) is 1.70. The van der Waals surface area contributed by atoms with Gasteiger partial charge in [-0.15, -0.1) is 0 Å². The van der Waals surface area contributed by atoms with E-state index in [4.69, 9.17) is 5.73 Å². The highest BCUT2D eigenvalue weighted by Gasteiger charge is 2.09. The molecule has 80 valence electrons. The summed E-state index contributed by atoms with van der Waals surface area (Å²) in [4.78, 5) is 0.